The minimum atomic E-state index is -1.15. The summed E-state index contributed by atoms with van der Waals surface area (Å²) in [6.07, 6.45) is 3.61. The van der Waals surface area contributed by atoms with Crippen LogP contribution in [0, 0.1) is 0 Å². The van der Waals surface area contributed by atoms with Crippen LogP contribution < -0.4 is 5.73 Å². The summed E-state index contributed by atoms with van der Waals surface area (Å²) in [6.45, 7) is 1.87. The predicted molar refractivity (Wildman–Crippen MR) is 62.1 cm³/mol. The van der Waals surface area contributed by atoms with Gasteiger partial charge in [-0.15, -0.1) is 0 Å². The highest BCUT2D eigenvalue weighted by molar-refractivity contribution is 5.91. The Morgan fingerprint density at radius 3 is 2.41 bits per heavy atom. The maximum atomic E-state index is 11.6. The van der Waals surface area contributed by atoms with E-state index in [1.54, 1.807) is 6.08 Å². The SMILES string of the molecule is CCC=CC(=O)N(C)[C@@H](CCC(N)=O)C(=O)O. The predicted octanol–water partition coefficient (Wildman–Crippen LogP) is 0.130. The highest BCUT2D eigenvalue weighted by Crippen LogP contribution is 2.06. The molecule has 0 aromatic rings. The first-order chi connectivity index (χ1) is 7.90. The maximum Gasteiger partial charge on any atom is 0.326 e. The number of carboxylic acids is 1. The van der Waals surface area contributed by atoms with Crippen molar-refractivity contribution in [1.82, 2.24) is 4.90 Å². The number of nitrogens with two attached hydrogens (primary N) is 1. The van der Waals surface area contributed by atoms with Gasteiger partial charge in [-0.1, -0.05) is 13.0 Å². The first-order valence-electron chi connectivity index (χ1n) is 5.34. The molecule has 0 aromatic carbocycles. The maximum absolute atomic E-state index is 11.6. The normalized spacial score (nSPS) is 12.4. The smallest absolute Gasteiger partial charge is 0.326 e. The first-order valence-corrected chi connectivity index (χ1v) is 5.34. The number of hydrogen-bond donors (Lipinski definition) is 2. The van der Waals surface area contributed by atoms with Crippen molar-refractivity contribution in [3.05, 3.63) is 12.2 Å². The molecule has 0 heterocycles. The molecule has 3 N–H and O–H groups in total. The number of nitrogens with zero attached hydrogens (tertiary/aromatic N) is 1. The Bertz CT molecular complexity index is 325. The van der Waals surface area contributed by atoms with Crippen molar-refractivity contribution < 1.29 is 19.5 Å². The molecule has 96 valence electrons. The van der Waals surface area contributed by atoms with E-state index >= 15 is 0 Å². The van der Waals surface area contributed by atoms with Gasteiger partial charge in [0.25, 0.3) is 0 Å². The zero-order chi connectivity index (χ0) is 13.4. The molecule has 6 nitrogen and oxygen atoms in total. The Labute approximate surface area is 100 Å². The summed E-state index contributed by atoms with van der Waals surface area (Å²) < 4.78 is 0. The van der Waals surface area contributed by atoms with Crippen molar-refractivity contribution in [3.8, 4) is 0 Å². The minimum absolute atomic E-state index is 0.0207. The van der Waals surface area contributed by atoms with Crippen LogP contribution in [0.4, 0.5) is 0 Å². The van der Waals surface area contributed by atoms with Gasteiger partial charge >= 0.3 is 5.97 Å². The van der Waals surface area contributed by atoms with Gasteiger partial charge in [-0.05, 0) is 18.9 Å². The Balaban J connectivity index is 4.58. The van der Waals surface area contributed by atoms with Crippen molar-refractivity contribution in [1.29, 1.82) is 0 Å². The number of amides is 2. The zero-order valence-electron chi connectivity index (χ0n) is 10.0. The molecule has 0 saturated heterocycles. The number of primary amides is 1. The minimum Gasteiger partial charge on any atom is -0.480 e. The van der Waals surface area contributed by atoms with Crippen LogP contribution in [0.25, 0.3) is 0 Å². The summed E-state index contributed by atoms with van der Waals surface area (Å²) in [7, 11) is 1.39. The molecule has 0 bridgehead atoms. The highest BCUT2D eigenvalue weighted by atomic mass is 16.4. The molecular formula is C11H18N2O4. The summed E-state index contributed by atoms with van der Waals surface area (Å²) in [4.78, 5) is 34.2. The van der Waals surface area contributed by atoms with Gasteiger partial charge in [-0.3, -0.25) is 9.59 Å². The number of aliphatic carboxylic acids is 1. The van der Waals surface area contributed by atoms with Crippen LogP contribution in [0.2, 0.25) is 0 Å². The molecule has 0 saturated carbocycles. The summed E-state index contributed by atoms with van der Waals surface area (Å²) in [5.74, 6) is -2.13. The van der Waals surface area contributed by atoms with Crippen LogP contribution in [-0.4, -0.2) is 40.9 Å². The second-order valence-corrected chi connectivity index (χ2v) is 3.62. The third kappa shape index (κ3) is 5.70. The van der Waals surface area contributed by atoms with Crippen LogP contribution in [0.5, 0.6) is 0 Å². The number of carbonyl (C=O) groups is 3. The fraction of sp³-hybridized carbons (Fsp3) is 0.545. The lowest BCUT2D eigenvalue weighted by Gasteiger charge is -2.23. The van der Waals surface area contributed by atoms with Crippen molar-refractivity contribution in [3.63, 3.8) is 0 Å². The van der Waals surface area contributed by atoms with Gasteiger partial charge in [0, 0.05) is 13.5 Å². The summed E-state index contributed by atoms with van der Waals surface area (Å²) in [5.41, 5.74) is 4.95. The quantitative estimate of drug-likeness (QED) is 0.619. The van der Waals surface area contributed by atoms with Gasteiger partial charge in [-0.25, -0.2) is 4.79 Å². The average molecular weight is 242 g/mol. The fourth-order valence-electron chi connectivity index (χ4n) is 1.25. The topological polar surface area (TPSA) is 101 Å². The molecule has 1 atom stereocenters. The highest BCUT2D eigenvalue weighted by Gasteiger charge is 2.25. The van der Waals surface area contributed by atoms with Gasteiger partial charge in [0.2, 0.25) is 11.8 Å². The van der Waals surface area contributed by atoms with E-state index in [-0.39, 0.29) is 12.8 Å². The molecule has 6 heteroatoms. The number of rotatable bonds is 7. The Kier molecular flexibility index (Phi) is 6.62. The average Bonchev–Trinajstić information content (AvgIpc) is 2.24. The second kappa shape index (κ2) is 7.43. The molecule has 0 fully saturated rings. The van der Waals surface area contributed by atoms with Crippen LogP contribution in [0.3, 0.4) is 0 Å². The van der Waals surface area contributed by atoms with Gasteiger partial charge in [0.05, 0.1) is 0 Å². The molecule has 0 unspecified atom stereocenters. The van der Waals surface area contributed by atoms with E-state index in [1.807, 2.05) is 6.92 Å². The fourth-order valence-corrected chi connectivity index (χ4v) is 1.25. The van der Waals surface area contributed by atoms with Gasteiger partial charge in [0.15, 0.2) is 0 Å². The van der Waals surface area contributed by atoms with Gasteiger partial charge < -0.3 is 15.7 Å². The number of carboxylic acid groups (broad SMARTS) is 1. The lowest BCUT2D eigenvalue weighted by Crippen LogP contribution is -2.42. The molecule has 2 amide bonds. The number of likely N-dealkylation sites (N-methyl/N-ethyl adjacent to an activating group) is 1. The Morgan fingerprint density at radius 1 is 1.41 bits per heavy atom. The van der Waals surface area contributed by atoms with Gasteiger partial charge in [-0.2, -0.15) is 0 Å². The number of hydrogen-bond acceptors (Lipinski definition) is 3. The van der Waals surface area contributed by atoms with E-state index in [0.29, 0.717) is 6.42 Å². The monoisotopic (exact) mass is 242 g/mol. The standard InChI is InChI=1S/C11H18N2O4/c1-3-4-5-10(15)13(2)8(11(16)17)6-7-9(12)14/h4-5,8H,3,6-7H2,1-2H3,(H2,12,14)(H,16,17)/t8-/m0/s1. The first kappa shape index (κ1) is 15.2. The van der Waals surface area contributed by atoms with Crippen LogP contribution in [0.15, 0.2) is 12.2 Å². The molecule has 0 aromatic heterocycles. The number of allylic oxidation sites excluding steroid dienone is 1. The van der Waals surface area contributed by atoms with Crippen molar-refractivity contribution >= 4 is 17.8 Å². The molecule has 0 radical (unpaired) electrons. The van der Waals surface area contributed by atoms with Crippen molar-refractivity contribution in [2.24, 2.45) is 5.73 Å². The van der Waals surface area contributed by atoms with Gasteiger partial charge in [0.1, 0.15) is 6.04 Å². The third-order valence-corrected chi connectivity index (χ3v) is 2.26. The van der Waals surface area contributed by atoms with E-state index in [2.05, 4.69) is 0 Å². The number of carbonyl (C=O) groups excluding carboxylic acids is 2. The van der Waals surface area contributed by atoms with E-state index < -0.39 is 23.8 Å². The van der Waals surface area contributed by atoms with E-state index in [1.165, 1.54) is 13.1 Å². The summed E-state index contributed by atoms with van der Waals surface area (Å²) >= 11 is 0. The molecular weight excluding hydrogens is 224 g/mol. The molecule has 0 aliphatic heterocycles. The van der Waals surface area contributed by atoms with Crippen LogP contribution in [-0.2, 0) is 14.4 Å². The van der Waals surface area contributed by atoms with Crippen molar-refractivity contribution in [2.45, 2.75) is 32.2 Å². The summed E-state index contributed by atoms with van der Waals surface area (Å²) in [5, 5.41) is 8.96. The van der Waals surface area contributed by atoms with E-state index in [4.69, 9.17) is 10.8 Å². The molecule has 0 spiro atoms. The second-order valence-electron chi connectivity index (χ2n) is 3.62. The molecule has 0 aliphatic carbocycles. The van der Waals surface area contributed by atoms with Crippen LogP contribution >= 0.6 is 0 Å². The molecule has 17 heavy (non-hydrogen) atoms. The lowest BCUT2D eigenvalue weighted by molar-refractivity contribution is -0.147. The van der Waals surface area contributed by atoms with E-state index in [0.717, 1.165) is 4.90 Å². The van der Waals surface area contributed by atoms with E-state index in [9.17, 15) is 14.4 Å². The zero-order valence-corrected chi connectivity index (χ0v) is 10.0. The largest absolute Gasteiger partial charge is 0.480 e. The molecule has 0 aliphatic rings. The lowest BCUT2D eigenvalue weighted by atomic mass is 10.1. The van der Waals surface area contributed by atoms with Crippen LogP contribution in [0.1, 0.15) is 26.2 Å². The summed E-state index contributed by atoms with van der Waals surface area (Å²) in [6, 6.07) is -1.03. The molecule has 0 rings (SSSR count). The van der Waals surface area contributed by atoms with Crippen molar-refractivity contribution in [2.75, 3.05) is 7.05 Å². The Hall–Kier alpha value is -1.85. The Morgan fingerprint density at radius 2 is 2.00 bits per heavy atom. The third-order valence-electron chi connectivity index (χ3n) is 2.26.